The van der Waals surface area contributed by atoms with Gasteiger partial charge in [-0.1, -0.05) is 24.3 Å². The normalized spacial score (nSPS) is 12.5. The van der Waals surface area contributed by atoms with Crippen LogP contribution in [0.3, 0.4) is 0 Å². The molecule has 0 unspecified atom stereocenters. The van der Waals surface area contributed by atoms with E-state index < -0.39 is 0 Å². The first-order valence-electron chi connectivity index (χ1n) is 9.21. The lowest BCUT2D eigenvalue weighted by molar-refractivity contribution is 0.0951. The molecule has 0 spiro atoms. The van der Waals surface area contributed by atoms with E-state index in [0.717, 1.165) is 41.2 Å². The number of aryl methyl sites for hydroxylation is 2. The number of nitrogens with zero attached hydrogens (tertiary/aromatic N) is 2. The molecule has 0 saturated carbocycles. The maximum absolute atomic E-state index is 12.5. The summed E-state index contributed by atoms with van der Waals surface area (Å²) in [6, 6.07) is 16.0. The quantitative estimate of drug-likeness (QED) is 0.758. The van der Waals surface area contributed by atoms with Gasteiger partial charge in [-0.2, -0.15) is 5.10 Å². The van der Waals surface area contributed by atoms with Gasteiger partial charge >= 0.3 is 0 Å². The van der Waals surface area contributed by atoms with Gasteiger partial charge in [0.15, 0.2) is 0 Å². The highest BCUT2D eigenvalue weighted by Gasteiger charge is 2.15. The molecule has 0 aliphatic carbocycles. The van der Waals surface area contributed by atoms with Crippen LogP contribution in [0.2, 0.25) is 0 Å². The third-order valence-electron chi connectivity index (χ3n) is 4.83. The van der Waals surface area contributed by atoms with Crippen LogP contribution in [0, 0.1) is 13.8 Å². The molecule has 138 valence electrons. The zero-order chi connectivity index (χ0) is 18.8. The third kappa shape index (κ3) is 3.87. The summed E-state index contributed by atoms with van der Waals surface area (Å²) in [7, 11) is 0. The van der Waals surface area contributed by atoms with Gasteiger partial charge in [0.25, 0.3) is 5.91 Å². The molecule has 1 aromatic heterocycles. The molecule has 2 heterocycles. The van der Waals surface area contributed by atoms with Crippen LogP contribution in [-0.2, 0) is 19.5 Å². The molecule has 5 heteroatoms. The highest BCUT2D eigenvalue weighted by Crippen LogP contribution is 2.25. The first kappa shape index (κ1) is 17.3. The Kier molecular flexibility index (Phi) is 4.67. The molecule has 1 amide bonds. The van der Waals surface area contributed by atoms with Crippen LogP contribution in [0.25, 0.3) is 0 Å². The minimum absolute atomic E-state index is 0.0614. The molecule has 2 aromatic carbocycles. The fraction of sp³-hybridized carbons (Fsp3) is 0.273. The Hall–Kier alpha value is -3.08. The largest absolute Gasteiger partial charge is 0.493 e. The molecule has 0 bridgehead atoms. The Morgan fingerprint density at radius 3 is 2.81 bits per heavy atom. The first-order chi connectivity index (χ1) is 13.1. The van der Waals surface area contributed by atoms with E-state index in [1.807, 2.05) is 41.9 Å². The molecular formula is C22H23N3O2. The van der Waals surface area contributed by atoms with Crippen molar-refractivity contribution in [1.29, 1.82) is 0 Å². The Morgan fingerprint density at radius 1 is 1.15 bits per heavy atom. The van der Waals surface area contributed by atoms with Crippen LogP contribution in [0.4, 0.5) is 0 Å². The SMILES string of the molecule is Cc1cc(C)n(Cc2cccc(CNC(=O)c3ccc4c(c3)CCO4)c2)n1. The Balaban J connectivity index is 1.41. The molecule has 1 N–H and O–H groups in total. The zero-order valence-corrected chi connectivity index (χ0v) is 15.7. The minimum atomic E-state index is -0.0614. The second-order valence-corrected chi connectivity index (χ2v) is 7.01. The molecule has 4 rings (SSSR count). The van der Waals surface area contributed by atoms with Crippen molar-refractivity contribution in [3.63, 3.8) is 0 Å². The summed E-state index contributed by atoms with van der Waals surface area (Å²) < 4.78 is 7.50. The van der Waals surface area contributed by atoms with E-state index in [0.29, 0.717) is 18.7 Å². The van der Waals surface area contributed by atoms with Crippen molar-refractivity contribution in [3.8, 4) is 5.75 Å². The van der Waals surface area contributed by atoms with Crippen molar-refractivity contribution in [2.45, 2.75) is 33.4 Å². The molecule has 27 heavy (non-hydrogen) atoms. The molecule has 0 atom stereocenters. The summed E-state index contributed by atoms with van der Waals surface area (Å²) >= 11 is 0. The van der Waals surface area contributed by atoms with Crippen LogP contribution in [0.5, 0.6) is 5.75 Å². The second kappa shape index (κ2) is 7.27. The molecule has 0 saturated heterocycles. The van der Waals surface area contributed by atoms with E-state index >= 15 is 0 Å². The van der Waals surface area contributed by atoms with E-state index in [1.54, 1.807) is 0 Å². The van der Waals surface area contributed by atoms with Crippen molar-refractivity contribution in [3.05, 3.63) is 82.2 Å². The predicted octanol–water partition coefficient (Wildman–Crippen LogP) is 3.41. The Labute approximate surface area is 159 Å². The van der Waals surface area contributed by atoms with Crippen molar-refractivity contribution in [2.75, 3.05) is 6.61 Å². The number of aromatic nitrogens is 2. The van der Waals surface area contributed by atoms with Gasteiger partial charge in [-0.15, -0.1) is 0 Å². The summed E-state index contributed by atoms with van der Waals surface area (Å²) in [5.41, 5.74) is 6.20. The standard InChI is InChI=1S/C22H23N3O2/c1-15-10-16(2)25(24-15)14-18-5-3-4-17(11-18)13-23-22(26)20-6-7-21-19(12-20)8-9-27-21/h3-7,10-12H,8-9,13-14H2,1-2H3,(H,23,26). The van der Waals surface area contributed by atoms with E-state index in [1.165, 1.54) is 5.56 Å². The maximum atomic E-state index is 12.5. The second-order valence-electron chi connectivity index (χ2n) is 7.01. The number of carbonyl (C=O) groups excluding carboxylic acids is 1. The lowest BCUT2D eigenvalue weighted by Crippen LogP contribution is -2.23. The van der Waals surface area contributed by atoms with E-state index in [4.69, 9.17) is 4.74 Å². The fourth-order valence-corrected chi connectivity index (χ4v) is 3.46. The van der Waals surface area contributed by atoms with Gasteiger partial charge < -0.3 is 10.1 Å². The van der Waals surface area contributed by atoms with Gasteiger partial charge in [0.1, 0.15) is 5.75 Å². The maximum Gasteiger partial charge on any atom is 0.251 e. The minimum Gasteiger partial charge on any atom is -0.493 e. The molecule has 0 fully saturated rings. The molecule has 0 radical (unpaired) electrons. The number of amides is 1. The number of ether oxygens (including phenoxy) is 1. The molecular weight excluding hydrogens is 338 g/mol. The number of carbonyl (C=O) groups is 1. The predicted molar refractivity (Wildman–Crippen MR) is 104 cm³/mol. The van der Waals surface area contributed by atoms with Crippen molar-refractivity contribution < 1.29 is 9.53 Å². The number of rotatable bonds is 5. The molecule has 1 aliphatic rings. The fourth-order valence-electron chi connectivity index (χ4n) is 3.46. The zero-order valence-electron chi connectivity index (χ0n) is 15.7. The van der Waals surface area contributed by atoms with Crippen LogP contribution in [0.1, 0.15) is 38.4 Å². The lowest BCUT2D eigenvalue weighted by Gasteiger charge is -2.09. The molecule has 3 aromatic rings. The van der Waals surface area contributed by atoms with Gasteiger partial charge in [-0.25, -0.2) is 0 Å². The lowest BCUT2D eigenvalue weighted by atomic mass is 10.1. The van der Waals surface area contributed by atoms with Gasteiger partial charge in [0.2, 0.25) is 0 Å². The summed E-state index contributed by atoms with van der Waals surface area (Å²) in [4.78, 5) is 12.5. The molecule has 5 nitrogen and oxygen atoms in total. The number of hydrogen-bond acceptors (Lipinski definition) is 3. The highest BCUT2D eigenvalue weighted by molar-refractivity contribution is 5.94. The summed E-state index contributed by atoms with van der Waals surface area (Å²) in [5.74, 6) is 0.831. The number of hydrogen-bond donors (Lipinski definition) is 1. The van der Waals surface area contributed by atoms with Gasteiger partial charge in [0.05, 0.1) is 18.8 Å². The summed E-state index contributed by atoms with van der Waals surface area (Å²) in [5, 5.41) is 7.53. The van der Waals surface area contributed by atoms with E-state index in [-0.39, 0.29) is 5.91 Å². The number of benzene rings is 2. The van der Waals surface area contributed by atoms with Crippen LogP contribution < -0.4 is 10.1 Å². The number of nitrogens with one attached hydrogen (secondary N) is 1. The van der Waals surface area contributed by atoms with Gasteiger partial charge in [0, 0.05) is 24.2 Å². The monoisotopic (exact) mass is 361 g/mol. The summed E-state index contributed by atoms with van der Waals surface area (Å²) in [6.45, 7) is 5.98. The van der Waals surface area contributed by atoms with Crippen LogP contribution in [0.15, 0.2) is 48.5 Å². The van der Waals surface area contributed by atoms with Crippen molar-refractivity contribution in [2.24, 2.45) is 0 Å². The topological polar surface area (TPSA) is 56.2 Å². The van der Waals surface area contributed by atoms with E-state index in [9.17, 15) is 4.79 Å². The Bertz CT molecular complexity index is 991. The van der Waals surface area contributed by atoms with Crippen molar-refractivity contribution >= 4 is 5.91 Å². The average Bonchev–Trinajstić information content (AvgIpc) is 3.25. The summed E-state index contributed by atoms with van der Waals surface area (Å²) in [6.07, 6.45) is 0.866. The highest BCUT2D eigenvalue weighted by atomic mass is 16.5. The van der Waals surface area contributed by atoms with Crippen LogP contribution in [-0.4, -0.2) is 22.3 Å². The average molecular weight is 361 g/mol. The van der Waals surface area contributed by atoms with E-state index in [2.05, 4.69) is 35.5 Å². The molecule has 1 aliphatic heterocycles. The number of fused-ring (bicyclic) bond motifs is 1. The third-order valence-corrected chi connectivity index (χ3v) is 4.83. The van der Waals surface area contributed by atoms with Gasteiger partial charge in [-0.05, 0) is 54.8 Å². The Morgan fingerprint density at radius 2 is 2.00 bits per heavy atom. The van der Waals surface area contributed by atoms with Crippen LogP contribution >= 0.6 is 0 Å². The van der Waals surface area contributed by atoms with Crippen molar-refractivity contribution in [1.82, 2.24) is 15.1 Å². The first-order valence-corrected chi connectivity index (χ1v) is 9.21. The smallest absolute Gasteiger partial charge is 0.251 e. The van der Waals surface area contributed by atoms with Gasteiger partial charge in [-0.3, -0.25) is 9.48 Å².